The summed E-state index contributed by atoms with van der Waals surface area (Å²) < 4.78 is 0. The number of benzene rings is 1. The van der Waals surface area contributed by atoms with Crippen molar-refractivity contribution in [2.75, 3.05) is 11.9 Å². The van der Waals surface area contributed by atoms with E-state index in [1.807, 2.05) is 24.3 Å². The van der Waals surface area contributed by atoms with Gasteiger partial charge >= 0.3 is 0 Å². The summed E-state index contributed by atoms with van der Waals surface area (Å²) in [5, 5.41) is 6.49. The van der Waals surface area contributed by atoms with Gasteiger partial charge in [0.15, 0.2) is 0 Å². The Hall–Kier alpha value is -1.51. The SMILES string of the molecule is CCC(CC)C(C)NC(=O)C1CNc2ccccc21. The normalized spacial score (nSPS) is 18.8. The fourth-order valence-corrected chi connectivity index (χ4v) is 2.96. The Balaban J connectivity index is 2.02. The monoisotopic (exact) mass is 260 g/mol. The summed E-state index contributed by atoms with van der Waals surface area (Å²) >= 11 is 0. The molecule has 1 aromatic rings. The van der Waals surface area contributed by atoms with Gasteiger partial charge in [-0.15, -0.1) is 0 Å². The topological polar surface area (TPSA) is 41.1 Å². The molecule has 0 spiro atoms. The Morgan fingerprint density at radius 1 is 1.37 bits per heavy atom. The number of fused-ring (bicyclic) bond motifs is 1. The maximum atomic E-state index is 12.4. The molecule has 2 N–H and O–H groups in total. The molecule has 1 aliphatic heterocycles. The third-order valence-electron chi connectivity index (χ3n) is 4.28. The van der Waals surface area contributed by atoms with Gasteiger partial charge in [0.05, 0.1) is 5.92 Å². The largest absolute Gasteiger partial charge is 0.384 e. The Kier molecular flexibility index (Phi) is 4.46. The van der Waals surface area contributed by atoms with Crippen LogP contribution in [0.1, 0.15) is 45.1 Å². The Bertz CT molecular complexity index is 440. The molecular formula is C16H24N2O. The maximum absolute atomic E-state index is 12.4. The van der Waals surface area contributed by atoms with Crippen LogP contribution in [0.4, 0.5) is 5.69 Å². The van der Waals surface area contributed by atoms with E-state index in [4.69, 9.17) is 0 Å². The Labute approximate surface area is 115 Å². The fourth-order valence-electron chi connectivity index (χ4n) is 2.96. The number of hydrogen-bond donors (Lipinski definition) is 2. The molecule has 0 radical (unpaired) electrons. The lowest BCUT2D eigenvalue weighted by Crippen LogP contribution is -2.40. The van der Waals surface area contributed by atoms with Crippen molar-refractivity contribution >= 4 is 11.6 Å². The van der Waals surface area contributed by atoms with Gasteiger partial charge in [0.2, 0.25) is 5.91 Å². The molecule has 0 fully saturated rings. The van der Waals surface area contributed by atoms with Crippen LogP contribution in [0.15, 0.2) is 24.3 Å². The standard InChI is InChI=1S/C16H24N2O/c1-4-12(5-2)11(3)18-16(19)14-10-17-15-9-7-6-8-13(14)15/h6-9,11-12,14,17H,4-5,10H2,1-3H3,(H,18,19). The van der Waals surface area contributed by atoms with Crippen molar-refractivity contribution in [3.8, 4) is 0 Å². The number of amides is 1. The molecule has 1 amide bonds. The molecule has 0 saturated carbocycles. The van der Waals surface area contributed by atoms with E-state index in [2.05, 4.69) is 31.4 Å². The number of anilines is 1. The lowest BCUT2D eigenvalue weighted by molar-refractivity contribution is -0.123. The summed E-state index contributed by atoms with van der Waals surface area (Å²) in [5.74, 6) is 0.665. The fraction of sp³-hybridized carbons (Fsp3) is 0.562. The molecular weight excluding hydrogens is 236 g/mol. The van der Waals surface area contributed by atoms with Crippen LogP contribution in [0.3, 0.4) is 0 Å². The molecule has 3 nitrogen and oxygen atoms in total. The van der Waals surface area contributed by atoms with Crippen molar-refractivity contribution in [2.24, 2.45) is 5.92 Å². The lowest BCUT2D eigenvalue weighted by atomic mass is 9.94. The van der Waals surface area contributed by atoms with Gasteiger partial charge in [0, 0.05) is 18.3 Å². The number of carbonyl (C=O) groups excluding carboxylic acids is 1. The Morgan fingerprint density at radius 2 is 2.05 bits per heavy atom. The molecule has 1 heterocycles. The molecule has 0 aromatic heterocycles. The predicted molar refractivity (Wildman–Crippen MR) is 79.3 cm³/mol. The van der Waals surface area contributed by atoms with Crippen molar-refractivity contribution in [3.05, 3.63) is 29.8 Å². The van der Waals surface area contributed by atoms with Crippen molar-refractivity contribution < 1.29 is 4.79 Å². The second-order valence-electron chi connectivity index (χ2n) is 5.39. The van der Waals surface area contributed by atoms with Crippen LogP contribution < -0.4 is 10.6 Å². The van der Waals surface area contributed by atoms with E-state index < -0.39 is 0 Å². The third-order valence-corrected chi connectivity index (χ3v) is 4.28. The van der Waals surface area contributed by atoms with Crippen LogP contribution in [0.2, 0.25) is 0 Å². The third kappa shape index (κ3) is 2.91. The summed E-state index contributed by atoms with van der Waals surface area (Å²) in [4.78, 5) is 12.4. The van der Waals surface area contributed by atoms with Crippen LogP contribution in [-0.4, -0.2) is 18.5 Å². The number of carbonyl (C=O) groups is 1. The van der Waals surface area contributed by atoms with E-state index in [-0.39, 0.29) is 17.9 Å². The Morgan fingerprint density at radius 3 is 2.74 bits per heavy atom. The minimum absolute atomic E-state index is 0.0481. The molecule has 1 aliphatic rings. The highest BCUT2D eigenvalue weighted by atomic mass is 16.2. The molecule has 0 aliphatic carbocycles. The maximum Gasteiger partial charge on any atom is 0.229 e. The minimum atomic E-state index is -0.0481. The van der Waals surface area contributed by atoms with Gasteiger partial charge in [-0.25, -0.2) is 0 Å². The van der Waals surface area contributed by atoms with E-state index in [1.165, 1.54) is 0 Å². The van der Waals surface area contributed by atoms with Crippen molar-refractivity contribution in [3.63, 3.8) is 0 Å². The van der Waals surface area contributed by atoms with E-state index in [0.29, 0.717) is 12.5 Å². The number of hydrogen-bond acceptors (Lipinski definition) is 2. The van der Waals surface area contributed by atoms with Gasteiger partial charge in [0.1, 0.15) is 0 Å². The average molecular weight is 260 g/mol. The first-order valence-corrected chi connectivity index (χ1v) is 7.30. The van der Waals surface area contributed by atoms with Crippen molar-refractivity contribution in [2.45, 2.75) is 45.6 Å². The van der Waals surface area contributed by atoms with Crippen LogP contribution >= 0.6 is 0 Å². The zero-order chi connectivity index (χ0) is 13.8. The van der Waals surface area contributed by atoms with Crippen LogP contribution in [-0.2, 0) is 4.79 Å². The second-order valence-corrected chi connectivity index (χ2v) is 5.39. The molecule has 19 heavy (non-hydrogen) atoms. The molecule has 1 aromatic carbocycles. The van der Waals surface area contributed by atoms with Gasteiger partial charge < -0.3 is 10.6 Å². The first-order valence-electron chi connectivity index (χ1n) is 7.30. The van der Waals surface area contributed by atoms with E-state index in [1.54, 1.807) is 0 Å². The van der Waals surface area contributed by atoms with E-state index >= 15 is 0 Å². The molecule has 3 heteroatoms. The van der Waals surface area contributed by atoms with Gasteiger partial charge in [-0.2, -0.15) is 0 Å². The molecule has 0 bridgehead atoms. The molecule has 2 unspecified atom stereocenters. The summed E-state index contributed by atoms with van der Waals surface area (Å²) in [5.41, 5.74) is 2.22. The minimum Gasteiger partial charge on any atom is -0.384 e. The van der Waals surface area contributed by atoms with Crippen LogP contribution in [0.25, 0.3) is 0 Å². The van der Waals surface area contributed by atoms with Crippen molar-refractivity contribution in [1.29, 1.82) is 0 Å². The van der Waals surface area contributed by atoms with Crippen molar-refractivity contribution in [1.82, 2.24) is 5.32 Å². The average Bonchev–Trinajstić information content (AvgIpc) is 2.84. The summed E-state index contributed by atoms with van der Waals surface area (Å²) in [6, 6.07) is 8.32. The summed E-state index contributed by atoms with van der Waals surface area (Å²) in [6.45, 7) is 7.19. The summed E-state index contributed by atoms with van der Waals surface area (Å²) in [6.07, 6.45) is 2.22. The quantitative estimate of drug-likeness (QED) is 0.854. The highest BCUT2D eigenvalue weighted by Crippen LogP contribution is 2.31. The van der Waals surface area contributed by atoms with Gasteiger partial charge in [-0.3, -0.25) is 4.79 Å². The zero-order valence-electron chi connectivity index (χ0n) is 12.1. The molecule has 2 rings (SSSR count). The van der Waals surface area contributed by atoms with E-state index in [0.717, 1.165) is 24.1 Å². The number of nitrogens with one attached hydrogen (secondary N) is 2. The second kappa shape index (κ2) is 6.09. The lowest BCUT2D eigenvalue weighted by Gasteiger charge is -2.24. The van der Waals surface area contributed by atoms with Gasteiger partial charge in [-0.1, -0.05) is 44.9 Å². The molecule has 2 atom stereocenters. The highest BCUT2D eigenvalue weighted by Gasteiger charge is 2.29. The predicted octanol–water partition coefficient (Wildman–Crippen LogP) is 3.14. The zero-order valence-corrected chi connectivity index (χ0v) is 12.1. The van der Waals surface area contributed by atoms with Crippen LogP contribution in [0, 0.1) is 5.92 Å². The number of para-hydroxylation sites is 1. The van der Waals surface area contributed by atoms with E-state index in [9.17, 15) is 4.79 Å². The molecule has 0 saturated heterocycles. The smallest absolute Gasteiger partial charge is 0.229 e. The first kappa shape index (κ1) is 13.9. The van der Waals surface area contributed by atoms with Gasteiger partial charge in [-0.05, 0) is 24.5 Å². The highest BCUT2D eigenvalue weighted by molar-refractivity contribution is 5.88. The van der Waals surface area contributed by atoms with Gasteiger partial charge in [0.25, 0.3) is 0 Å². The van der Waals surface area contributed by atoms with Crippen LogP contribution in [0.5, 0.6) is 0 Å². The molecule has 104 valence electrons. The first-order chi connectivity index (χ1) is 9.17. The summed E-state index contributed by atoms with van der Waals surface area (Å²) in [7, 11) is 0. The number of rotatable bonds is 5.